The molecule has 0 amide bonds. The van der Waals surface area contributed by atoms with Crippen LogP contribution in [0.4, 0.5) is 5.82 Å². The predicted octanol–water partition coefficient (Wildman–Crippen LogP) is 5.23. The summed E-state index contributed by atoms with van der Waals surface area (Å²) in [5.74, 6) is 1.19. The van der Waals surface area contributed by atoms with Crippen LogP contribution in [0.15, 0.2) is 73.0 Å². The highest BCUT2D eigenvalue weighted by Crippen LogP contribution is 2.37. The fourth-order valence-corrected chi connectivity index (χ4v) is 5.97. The van der Waals surface area contributed by atoms with E-state index in [1.807, 2.05) is 44.2 Å². The Hall–Kier alpha value is -3.81. The van der Waals surface area contributed by atoms with Gasteiger partial charge in [-0.15, -0.1) is 0 Å². The molecule has 6 rings (SSSR count). The minimum atomic E-state index is 0.452. The highest BCUT2D eigenvalue weighted by atomic mass is 15.2. The molecule has 3 N–H and O–H groups in total. The molecule has 0 saturated carbocycles. The summed E-state index contributed by atoms with van der Waals surface area (Å²) in [6, 6.07) is 16.7. The average Bonchev–Trinajstić information content (AvgIpc) is 3.67. The Balaban J connectivity index is 1.39. The molecule has 4 aromatic rings. The molecule has 2 fully saturated rings. The Morgan fingerprint density at radius 2 is 1.95 bits per heavy atom. The molecule has 1 atom stereocenters. The van der Waals surface area contributed by atoms with E-state index in [1.165, 1.54) is 31.5 Å². The number of pyridine rings is 2. The number of nitrogens with one attached hydrogen (secondary N) is 1. The van der Waals surface area contributed by atoms with Gasteiger partial charge < -0.3 is 11.1 Å². The molecule has 2 aliphatic rings. The van der Waals surface area contributed by atoms with Crippen molar-refractivity contribution in [2.24, 2.45) is 5.41 Å². The second-order valence-corrected chi connectivity index (χ2v) is 10.5. The van der Waals surface area contributed by atoms with E-state index in [0.29, 0.717) is 11.2 Å². The van der Waals surface area contributed by atoms with Gasteiger partial charge in [-0.3, -0.25) is 9.47 Å². The van der Waals surface area contributed by atoms with Gasteiger partial charge in [0.2, 0.25) is 0 Å². The molecule has 1 aromatic carbocycles. The second kappa shape index (κ2) is 10.2. The van der Waals surface area contributed by atoms with Gasteiger partial charge in [0, 0.05) is 31.5 Å². The number of likely N-dealkylation sites (tertiary alicyclic amines) is 1. The summed E-state index contributed by atoms with van der Waals surface area (Å²) in [7, 11) is 0. The Labute approximate surface area is 224 Å². The number of anilines is 1. The van der Waals surface area contributed by atoms with Gasteiger partial charge in [-0.2, -0.15) is 0 Å². The first kappa shape index (κ1) is 24.5. The zero-order valence-electron chi connectivity index (χ0n) is 22.2. The minimum Gasteiger partial charge on any atom is -0.383 e. The summed E-state index contributed by atoms with van der Waals surface area (Å²) >= 11 is 0. The number of hydrogen-bond acceptors (Lipinski definition) is 6. The smallest absolute Gasteiger partial charge is 0.165 e. The quantitative estimate of drug-likeness (QED) is 0.349. The topological polar surface area (TPSA) is 84.9 Å². The van der Waals surface area contributed by atoms with Gasteiger partial charge in [0.05, 0.1) is 11.3 Å². The van der Waals surface area contributed by atoms with Crippen LogP contribution in [-0.2, 0) is 6.54 Å². The standard InChI is InChI=1S/C31H35N7/c1-3-6-23(4-2)26-12-13-27-30(35-26)38(29(36-27)25-7-5-16-34-28(25)32)24-10-8-22(9-11-24)19-37-18-15-31(21-37)14-17-33-20-31/h3-13,16,33H,14-15,17-21H2,1-2H3,(H2,32,34)/b6-3-,23-4+. The maximum Gasteiger partial charge on any atom is 0.165 e. The molecule has 194 valence electrons. The molecule has 1 unspecified atom stereocenters. The number of nitrogen functional groups attached to an aromatic ring is 1. The van der Waals surface area contributed by atoms with Crippen molar-refractivity contribution in [3.05, 3.63) is 84.2 Å². The molecule has 0 radical (unpaired) electrons. The van der Waals surface area contributed by atoms with Crippen molar-refractivity contribution in [1.29, 1.82) is 0 Å². The van der Waals surface area contributed by atoms with Crippen LogP contribution in [-0.4, -0.2) is 50.6 Å². The van der Waals surface area contributed by atoms with Crippen LogP contribution < -0.4 is 11.1 Å². The molecule has 7 nitrogen and oxygen atoms in total. The average molecular weight is 506 g/mol. The van der Waals surface area contributed by atoms with Gasteiger partial charge in [-0.25, -0.2) is 15.0 Å². The fourth-order valence-electron chi connectivity index (χ4n) is 5.97. The molecule has 38 heavy (non-hydrogen) atoms. The third-order valence-corrected chi connectivity index (χ3v) is 7.99. The highest BCUT2D eigenvalue weighted by molar-refractivity contribution is 5.85. The lowest BCUT2D eigenvalue weighted by Crippen LogP contribution is -2.28. The van der Waals surface area contributed by atoms with Crippen molar-refractivity contribution in [1.82, 2.24) is 29.7 Å². The number of fused-ring (bicyclic) bond motifs is 1. The lowest BCUT2D eigenvalue weighted by molar-refractivity contribution is 0.268. The van der Waals surface area contributed by atoms with Gasteiger partial charge in [-0.05, 0) is 92.7 Å². The van der Waals surface area contributed by atoms with Crippen LogP contribution in [0.2, 0.25) is 0 Å². The van der Waals surface area contributed by atoms with Crippen LogP contribution in [0.25, 0.3) is 33.8 Å². The Kier molecular flexibility index (Phi) is 6.55. The summed E-state index contributed by atoms with van der Waals surface area (Å²) in [5, 5.41) is 3.56. The van der Waals surface area contributed by atoms with Gasteiger partial charge >= 0.3 is 0 Å². The summed E-state index contributed by atoms with van der Waals surface area (Å²) in [6.45, 7) is 9.70. The first-order valence-electron chi connectivity index (χ1n) is 13.5. The lowest BCUT2D eigenvalue weighted by atomic mass is 9.86. The monoisotopic (exact) mass is 505 g/mol. The minimum absolute atomic E-state index is 0.452. The largest absolute Gasteiger partial charge is 0.383 e. The molecule has 1 spiro atoms. The zero-order chi connectivity index (χ0) is 26.1. The number of imidazole rings is 1. The molecule has 2 aliphatic heterocycles. The van der Waals surface area contributed by atoms with Crippen molar-refractivity contribution >= 4 is 22.6 Å². The summed E-state index contributed by atoms with van der Waals surface area (Å²) in [4.78, 5) is 17.0. The van der Waals surface area contributed by atoms with Crippen LogP contribution in [0.1, 0.15) is 37.9 Å². The summed E-state index contributed by atoms with van der Waals surface area (Å²) < 4.78 is 2.11. The van der Waals surface area contributed by atoms with Gasteiger partial charge in [0.25, 0.3) is 0 Å². The fraction of sp³-hybridized carbons (Fsp3) is 0.323. The van der Waals surface area contributed by atoms with Crippen molar-refractivity contribution in [3.63, 3.8) is 0 Å². The number of nitrogens with zero attached hydrogens (tertiary/aromatic N) is 5. The molecule has 0 aliphatic carbocycles. The van der Waals surface area contributed by atoms with Crippen molar-refractivity contribution in [2.45, 2.75) is 33.2 Å². The number of aromatic nitrogens is 4. The number of hydrogen-bond donors (Lipinski definition) is 2. The summed E-state index contributed by atoms with van der Waals surface area (Å²) in [5.41, 5.74) is 13.5. The number of allylic oxidation sites excluding steroid dienone is 4. The SMILES string of the molecule is C/C=C\C(=C/C)c1ccc2nc(-c3cccnc3N)n(-c3ccc(CN4CCC5(CCNC5)C4)cc3)c2n1. The van der Waals surface area contributed by atoms with E-state index in [1.54, 1.807) is 6.20 Å². The predicted molar refractivity (Wildman–Crippen MR) is 155 cm³/mol. The van der Waals surface area contributed by atoms with E-state index in [2.05, 4.69) is 56.2 Å². The molecular weight excluding hydrogens is 470 g/mol. The maximum atomic E-state index is 6.31. The molecule has 7 heteroatoms. The molecule has 0 bridgehead atoms. The Bertz CT molecular complexity index is 1510. The van der Waals surface area contributed by atoms with Crippen molar-refractivity contribution in [2.75, 3.05) is 31.9 Å². The van der Waals surface area contributed by atoms with E-state index >= 15 is 0 Å². The van der Waals surface area contributed by atoms with Gasteiger partial charge in [0.15, 0.2) is 11.5 Å². The molecule has 5 heterocycles. The third kappa shape index (κ3) is 4.52. The van der Waals surface area contributed by atoms with Crippen molar-refractivity contribution < 1.29 is 0 Å². The first-order valence-corrected chi connectivity index (χ1v) is 13.5. The van der Waals surface area contributed by atoms with Crippen LogP contribution in [0.5, 0.6) is 0 Å². The first-order chi connectivity index (χ1) is 18.6. The van der Waals surface area contributed by atoms with Crippen LogP contribution >= 0.6 is 0 Å². The molecule has 3 aromatic heterocycles. The summed E-state index contributed by atoms with van der Waals surface area (Å²) in [6.07, 6.45) is 10.5. The number of benzene rings is 1. The highest BCUT2D eigenvalue weighted by Gasteiger charge is 2.40. The van der Waals surface area contributed by atoms with Gasteiger partial charge in [-0.1, -0.05) is 30.4 Å². The number of nitrogens with two attached hydrogens (primary N) is 1. The van der Waals surface area contributed by atoms with E-state index in [-0.39, 0.29) is 0 Å². The third-order valence-electron chi connectivity index (χ3n) is 7.99. The van der Waals surface area contributed by atoms with E-state index in [4.69, 9.17) is 15.7 Å². The van der Waals surface area contributed by atoms with E-state index in [0.717, 1.165) is 59.1 Å². The molecular formula is C31H35N7. The maximum absolute atomic E-state index is 6.31. The zero-order valence-corrected chi connectivity index (χ0v) is 22.2. The molecule has 2 saturated heterocycles. The van der Waals surface area contributed by atoms with Crippen LogP contribution in [0.3, 0.4) is 0 Å². The van der Waals surface area contributed by atoms with E-state index < -0.39 is 0 Å². The second-order valence-electron chi connectivity index (χ2n) is 10.5. The van der Waals surface area contributed by atoms with Crippen LogP contribution in [0, 0.1) is 5.41 Å². The van der Waals surface area contributed by atoms with Crippen molar-refractivity contribution in [3.8, 4) is 17.1 Å². The number of rotatable bonds is 6. The van der Waals surface area contributed by atoms with Gasteiger partial charge in [0.1, 0.15) is 11.3 Å². The Morgan fingerprint density at radius 1 is 1.08 bits per heavy atom. The lowest BCUT2D eigenvalue weighted by Gasteiger charge is -2.23. The normalized spacial score (nSPS) is 20.4. The Morgan fingerprint density at radius 3 is 2.68 bits per heavy atom. The van der Waals surface area contributed by atoms with E-state index in [9.17, 15) is 0 Å².